The second kappa shape index (κ2) is 8.13. The molecular weight excluding hydrogens is 490 g/mol. The molecule has 1 atom stereocenters. The number of ketones is 1. The van der Waals surface area contributed by atoms with E-state index in [4.69, 9.17) is 4.74 Å². The zero-order valence-corrected chi connectivity index (χ0v) is 19.2. The van der Waals surface area contributed by atoms with E-state index in [2.05, 4.69) is 4.98 Å². The maximum atomic E-state index is 14.4. The van der Waals surface area contributed by atoms with Crippen LogP contribution in [0.25, 0.3) is 16.0 Å². The number of halogens is 2. The van der Waals surface area contributed by atoms with E-state index in [0.717, 1.165) is 27.9 Å². The van der Waals surface area contributed by atoms with Gasteiger partial charge < -0.3 is 14.9 Å². The molecule has 1 fully saturated rings. The molecule has 0 radical (unpaired) electrons. The number of rotatable bonds is 3. The molecule has 3 aromatic carbocycles. The Hall–Kier alpha value is -4.31. The molecule has 2 aliphatic rings. The fourth-order valence-electron chi connectivity index (χ4n) is 4.54. The molecule has 36 heavy (non-hydrogen) atoms. The highest BCUT2D eigenvalue weighted by Gasteiger charge is 2.48. The molecule has 3 heterocycles. The first-order chi connectivity index (χ1) is 17.3. The van der Waals surface area contributed by atoms with Crippen molar-refractivity contribution in [1.29, 1.82) is 0 Å². The van der Waals surface area contributed by atoms with E-state index in [0.29, 0.717) is 36.0 Å². The molecule has 1 aromatic heterocycles. The third-order valence-corrected chi connectivity index (χ3v) is 7.23. The molecule has 2 N–H and O–H groups in total. The number of fused-ring (bicyclic) bond motifs is 2. The molecular formula is C26H16F2N2O5S. The number of aromatic nitrogens is 1. The number of benzene rings is 3. The van der Waals surface area contributed by atoms with Crippen LogP contribution in [0.1, 0.15) is 22.7 Å². The normalized spacial score (nSPS) is 18.6. The van der Waals surface area contributed by atoms with Gasteiger partial charge in [-0.3, -0.25) is 14.5 Å². The van der Waals surface area contributed by atoms with E-state index in [-0.39, 0.29) is 32.4 Å². The third-order valence-electron chi connectivity index (χ3n) is 6.22. The van der Waals surface area contributed by atoms with Crippen LogP contribution in [0.5, 0.6) is 11.5 Å². The second-order valence-corrected chi connectivity index (χ2v) is 9.42. The van der Waals surface area contributed by atoms with Gasteiger partial charge in [-0.25, -0.2) is 13.8 Å². The number of amides is 1. The van der Waals surface area contributed by atoms with Gasteiger partial charge in [-0.2, -0.15) is 0 Å². The molecule has 6 rings (SSSR count). The monoisotopic (exact) mass is 506 g/mol. The largest absolute Gasteiger partial charge is 0.508 e. The van der Waals surface area contributed by atoms with Gasteiger partial charge in [-0.05, 0) is 47.5 Å². The number of aromatic hydroxyl groups is 1. The number of Topliss-reactive ketones (excluding diaryl/α,β-unsaturated/α-hetero) is 1. The lowest BCUT2D eigenvalue weighted by Crippen LogP contribution is -2.29. The van der Waals surface area contributed by atoms with Crippen molar-refractivity contribution < 1.29 is 33.3 Å². The van der Waals surface area contributed by atoms with Gasteiger partial charge in [0, 0.05) is 18.1 Å². The van der Waals surface area contributed by atoms with Crippen molar-refractivity contribution in [2.45, 2.75) is 12.5 Å². The standard InChI is InChI=1S/C26H16F2N2O5S/c27-15-10-17(28)21-19(11-15)36-26(29-21)30-22(12-1-4-16(31)5-2-12)20(24(33)25(30)34)23(32)14-3-6-18-13(9-14)7-8-35-18/h1-6,9-11,22,31-32H,7-8H2/b23-20+. The summed E-state index contributed by atoms with van der Waals surface area (Å²) in [6.45, 7) is 0.506. The first kappa shape index (κ1) is 22.2. The number of aliphatic hydroxyl groups excluding tert-OH is 1. The third kappa shape index (κ3) is 3.41. The summed E-state index contributed by atoms with van der Waals surface area (Å²) in [5.41, 5.74) is 1.28. The maximum absolute atomic E-state index is 14.4. The first-order valence-electron chi connectivity index (χ1n) is 10.9. The van der Waals surface area contributed by atoms with E-state index in [1.807, 2.05) is 0 Å². The Morgan fingerprint density at radius 2 is 1.86 bits per heavy atom. The molecule has 7 nitrogen and oxygen atoms in total. The van der Waals surface area contributed by atoms with Crippen LogP contribution < -0.4 is 9.64 Å². The van der Waals surface area contributed by atoms with Crippen LogP contribution in [-0.2, 0) is 16.0 Å². The summed E-state index contributed by atoms with van der Waals surface area (Å²) in [6.07, 6.45) is 0.639. The number of nitrogens with zero attached hydrogens (tertiary/aromatic N) is 2. The molecule has 1 unspecified atom stereocenters. The van der Waals surface area contributed by atoms with E-state index in [1.54, 1.807) is 18.2 Å². The number of carbonyl (C=O) groups is 2. The van der Waals surface area contributed by atoms with E-state index < -0.39 is 29.4 Å². The summed E-state index contributed by atoms with van der Waals surface area (Å²) in [5, 5.41) is 21.0. The van der Waals surface area contributed by atoms with Gasteiger partial charge in [-0.15, -0.1) is 0 Å². The van der Waals surface area contributed by atoms with Crippen molar-refractivity contribution in [2.24, 2.45) is 0 Å². The van der Waals surface area contributed by atoms with Crippen LogP contribution in [0, 0.1) is 11.6 Å². The molecule has 1 saturated heterocycles. The highest BCUT2D eigenvalue weighted by molar-refractivity contribution is 7.22. The number of hydrogen-bond donors (Lipinski definition) is 2. The Morgan fingerprint density at radius 1 is 1.08 bits per heavy atom. The number of carbonyl (C=O) groups excluding carboxylic acids is 2. The van der Waals surface area contributed by atoms with Crippen molar-refractivity contribution in [1.82, 2.24) is 4.98 Å². The molecule has 4 aromatic rings. The summed E-state index contributed by atoms with van der Waals surface area (Å²) in [4.78, 5) is 31.8. The van der Waals surface area contributed by atoms with Gasteiger partial charge in [0.1, 0.15) is 28.6 Å². The number of phenolic OH excluding ortho intramolecular Hbond substituents is 1. The molecule has 1 amide bonds. The second-order valence-electron chi connectivity index (χ2n) is 8.41. The van der Waals surface area contributed by atoms with Crippen LogP contribution in [0.2, 0.25) is 0 Å². The van der Waals surface area contributed by atoms with Crippen molar-refractivity contribution >= 4 is 44.1 Å². The van der Waals surface area contributed by atoms with Gasteiger partial charge in [0.2, 0.25) is 0 Å². The number of anilines is 1. The average Bonchev–Trinajstić information content (AvgIpc) is 3.55. The smallest absolute Gasteiger partial charge is 0.301 e. The number of ether oxygens (including phenoxy) is 1. The minimum absolute atomic E-state index is 0.0314. The van der Waals surface area contributed by atoms with Gasteiger partial charge in [0.25, 0.3) is 5.78 Å². The van der Waals surface area contributed by atoms with E-state index >= 15 is 0 Å². The number of aliphatic hydroxyl groups is 1. The SMILES string of the molecule is O=C1C(=O)N(c2nc3c(F)cc(F)cc3s2)C(c2ccc(O)cc2)/C1=C(\O)c1ccc2c(c1)CCO2. The first-order valence-corrected chi connectivity index (χ1v) is 11.7. The fourth-order valence-corrected chi connectivity index (χ4v) is 5.57. The highest BCUT2D eigenvalue weighted by atomic mass is 32.1. The van der Waals surface area contributed by atoms with Crippen LogP contribution in [-0.4, -0.2) is 33.5 Å². The molecule has 0 bridgehead atoms. The lowest BCUT2D eigenvalue weighted by molar-refractivity contribution is -0.132. The summed E-state index contributed by atoms with van der Waals surface area (Å²) >= 11 is 0.848. The van der Waals surface area contributed by atoms with E-state index in [1.165, 1.54) is 24.3 Å². The summed E-state index contributed by atoms with van der Waals surface area (Å²) in [7, 11) is 0. The Bertz CT molecular complexity index is 1610. The molecule has 0 spiro atoms. The predicted molar refractivity (Wildman–Crippen MR) is 128 cm³/mol. The topological polar surface area (TPSA) is 100.0 Å². The molecule has 0 aliphatic carbocycles. The average molecular weight is 506 g/mol. The maximum Gasteiger partial charge on any atom is 0.301 e. The van der Waals surface area contributed by atoms with Crippen LogP contribution in [0.3, 0.4) is 0 Å². The Kier molecular flexibility index (Phi) is 5.01. The van der Waals surface area contributed by atoms with Gasteiger partial charge in [-0.1, -0.05) is 23.5 Å². The summed E-state index contributed by atoms with van der Waals surface area (Å²) in [6, 6.07) is 11.4. The van der Waals surface area contributed by atoms with Crippen molar-refractivity contribution in [3.8, 4) is 11.5 Å². The lowest BCUT2D eigenvalue weighted by Gasteiger charge is -2.23. The molecule has 2 aliphatic heterocycles. The van der Waals surface area contributed by atoms with Crippen LogP contribution in [0.4, 0.5) is 13.9 Å². The van der Waals surface area contributed by atoms with Crippen molar-refractivity contribution in [2.75, 3.05) is 11.5 Å². The number of hydrogen-bond acceptors (Lipinski definition) is 7. The van der Waals surface area contributed by atoms with Crippen LogP contribution in [0.15, 0.2) is 60.2 Å². The Morgan fingerprint density at radius 3 is 2.64 bits per heavy atom. The quantitative estimate of drug-likeness (QED) is 0.234. The number of phenols is 1. The fraction of sp³-hybridized carbons (Fsp3) is 0.115. The zero-order valence-electron chi connectivity index (χ0n) is 18.4. The van der Waals surface area contributed by atoms with Crippen molar-refractivity contribution in [3.63, 3.8) is 0 Å². The summed E-state index contributed by atoms with van der Waals surface area (Å²) < 4.78 is 33.8. The van der Waals surface area contributed by atoms with E-state index in [9.17, 15) is 28.6 Å². The van der Waals surface area contributed by atoms with Crippen molar-refractivity contribution in [3.05, 3.63) is 88.5 Å². The molecule has 180 valence electrons. The zero-order chi connectivity index (χ0) is 25.1. The lowest BCUT2D eigenvalue weighted by atomic mass is 9.94. The van der Waals surface area contributed by atoms with Gasteiger partial charge in [0.15, 0.2) is 10.9 Å². The number of thiazole rings is 1. The van der Waals surface area contributed by atoms with Gasteiger partial charge >= 0.3 is 5.91 Å². The molecule has 10 heteroatoms. The minimum Gasteiger partial charge on any atom is -0.508 e. The molecule has 0 saturated carbocycles. The minimum atomic E-state index is -1.12. The summed E-state index contributed by atoms with van der Waals surface area (Å²) in [5.74, 6) is -3.36. The predicted octanol–water partition coefficient (Wildman–Crippen LogP) is 4.84. The highest BCUT2D eigenvalue weighted by Crippen LogP contribution is 2.45. The van der Waals surface area contributed by atoms with Crippen LogP contribution >= 0.6 is 11.3 Å². The van der Waals surface area contributed by atoms with Gasteiger partial charge in [0.05, 0.1) is 22.9 Å². The Labute approximate surface area is 206 Å². The Balaban J connectivity index is 1.56.